The average molecular weight is 469 g/mol. The van der Waals surface area contributed by atoms with Crippen molar-refractivity contribution in [3.8, 4) is 5.75 Å². The van der Waals surface area contributed by atoms with E-state index in [4.69, 9.17) is 9.15 Å². The molecule has 0 saturated carbocycles. The predicted octanol–water partition coefficient (Wildman–Crippen LogP) is 6.07. The number of ether oxygens (including phenoxy) is 1. The first-order valence-corrected chi connectivity index (χ1v) is 12.4. The Labute approximate surface area is 206 Å². The van der Waals surface area contributed by atoms with Crippen LogP contribution in [0.5, 0.6) is 5.75 Å². The van der Waals surface area contributed by atoms with E-state index in [0.29, 0.717) is 6.61 Å². The molecule has 1 aliphatic rings. The molecule has 0 spiro atoms. The number of fused-ring (bicyclic) bond motifs is 1. The van der Waals surface area contributed by atoms with Crippen molar-refractivity contribution < 1.29 is 13.9 Å². The van der Waals surface area contributed by atoms with E-state index in [-0.39, 0.29) is 17.9 Å². The van der Waals surface area contributed by atoms with E-state index in [0.717, 1.165) is 53.0 Å². The number of nitrogens with zero attached hydrogens (tertiary/aromatic N) is 1. The van der Waals surface area contributed by atoms with Gasteiger partial charge in [-0.2, -0.15) is 0 Å². The minimum Gasteiger partial charge on any atom is -0.489 e. The van der Waals surface area contributed by atoms with E-state index in [9.17, 15) is 4.79 Å². The number of likely N-dealkylation sites (tertiary alicyclic amines) is 1. The second-order valence-corrected chi connectivity index (χ2v) is 9.32. The van der Waals surface area contributed by atoms with Gasteiger partial charge in [-0.3, -0.25) is 4.79 Å². The van der Waals surface area contributed by atoms with Crippen LogP contribution in [0.15, 0.2) is 89.5 Å². The summed E-state index contributed by atoms with van der Waals surface area (Å²) in [6, 6.07) is 26.0. The molecule has 0 aliphatic carbocycles. The molecule has 1 N–H and O–H groups in total. The van der Waals surface area contributed by atoms with E-state index in [1.54, 1.807) is 6.26 Å². The Balaban J connectivity index is 1.34. The van der Waals surface area contributed by atoms with Crippen molar-refractivity contribution in [1.82, 2.24) is 10.2 Å². The summed E-state index contributed by atoms with van der Waals surface area (Å²) in [6.45, 7) is 5.38. The lowest BCUT2D eigenvalue weighted by molar-refractivity contribution is -0.123. The highest BCUT2D eigenvalue weighted by Crippen LogP contribution is 2.29. The van der Waals surface area contributed by atoms with Gasteiger partial charge in [0.2, 0.25) is 5.91 Å². The molecule has 0 bridgehead atoms. The maximum absolute atomic E-state index is 13.4. The molecule has 1 fully saturated rings. The van der Waals surface area contributed by atoms with Crippen molar-refractivity contribution in [3.05, 3.63) is 102 Å². The molecule has 35 heavy (non-hydrogen) atoms. The summed E-state index contributed by atoms with van der Waals surface area (Å²) >= 11 is 0. The number of carbonyl (C=O) groups is 1. The first-order chi connectivity index (χ1) is 17.2. The largest absolute Gasteiger partial charge is 0.489 e. The molecule has 1 aliphatic heterocycles. The van der Waals surface area contributed by atoms with Crippen LogP contribution in [0.4, 0.5) is 0 Å². The van der Waals surface area contributed by atoms with E-state index in [2.05, 4.69) is 34.5 Å². The van der Waals surface area contributed by atoms with Crippen LogP contribution in [0.2, 0.25) is 0 Å². The molecule has 1 saturated heterocycles. The van der Waals surface area contributed by atoms with Gasteiger partial charge < -0.3 is 19.4 Å². The van der Waals surface area contributed by atoms with Crippen LogP contribution >= 0.6 is 0 Å². The predicted molar refractivity (Wildman–Crippen MR) is 138 cm³/mol. The summed E-state index contributed by atoms with van der Waals surface area (Å²) in [5.41, 5.74) is 3.90. The van der Waals surface area contributed by atoms with E-state index in [1.807, 2.05) is 61.5 Å². The molecular weight excluding hydrogens is 436 g/mol. The lowest BCUT2D eigenvalue weighted by Crippen LogP contribution is -2.38. The van der Waals surface area contributed by atoms with Crippen molar-refractivity contribution in [2.24, 2.45) is 0 Å². The Morgan fingerprint density at radius 3 is 2.60 bits per heavy atom. The first kappa shape index (κ1) is 23.2. The molecule has 5 rings (SSSR count). The molecular formula is C30H32N2O3. The van der Waals surface area contributed by atoms with Crippen LogP contribution in [-0.2, 0) is 11.4 Å². The average Bonchev–Trinajstić information content (AvgIpc) is 3.57. The zero-order chi connectivity index (χ0) is 24.0. The summed E-state index contributed by atoms with van der Waals surface area (Å²) < 4.78 is 11.8. The van der Waals surface area contributed by atoms with Gasteiger partial charge in [0.25, 0.3) is 0 Å². The van der Waals surface area contributed by atoms with Gasteiger partial charge in [0.15, 0.2) is 0 Å². The number of furan rings is 1. The SMILES string of the molecule is CC(C(=O)NC(CN1CCCC1)c1cccc(OCc2ccccc2)c1)c1coc2ccccc12. The fourth-order valence-corrected chi connectivity index (χ4v) is 4.79. The van der Waals surface area contributed by atoms with Gasteiger partial charge in [-0.05, 0) is 62.2 Å². The number of carbonyl (C=O) groups excluding carboxylic acids is 1. The van der Waals surface area contributed by atoms with Gasteiger partial charge in [-0.25, -0.2) is 0 Å². The maximum atomic E-state index is 13.4. The lowest BCUT2D eigenvalue weighted by atomic mass is 9.98. The number of rotatable bonds is 9. The highest BCUT2D eigenvalue weighted by Gasteiger charge is 2.25. The minimum absolute atomic E-state index is 0.00337. The zero-order valence-electron chi connectivity index (χ0n) is 20.2. The summed E-state index contributed by atoms with van der Waals surface area (Å²) in [6.07, 6.45) is 4.12. The zero-order valence-corrected chi connectivity index (χ0v) is 20.2. The van der Waals surface area contributed by atoms with Gasteiger partial charge in [-0.15, -0.1) is 0 Å². The first-order valence-electron chi connectivity index (χ1n) is 12.4. The van der Waals surface area contributed by atoms with Crippen LogP contribution in [-0.4, -0.2) is 30.4 Å². The van der Waals surface area contributed by atoms with Crippen LogP contribution in [0.3, 0.4) is 0 Å². The topological polar surface area (TPSA) is 54.7 Å². The van der Waals surface area contributed by atoms with E-state index >= 15 is 0 Å². The molecule has 3 aromatic carbocycles. The van der Waals surface area contributed by atoms with Crippen molar-refractivity contribution >= 4 is 16.9 Å². The third-order valence-electron chi connectivity index (χ3n) is 6.84. The quantitative estimate of drug-likeness (QED) is 0.324. The minimum atomic E-state index is -0.322. The van der Waals surface area contributed by atoms with Crippen molar-refractivity contribution in [3.63, 3.8) is 0 Å². The fourth-order valence-electron chi connectivity index (χ4n) is 4.79. The summed E-state index contributed by atoms with van der Waals surface area (Å²) in [5, 5.41) is 4.32. The van der Waals surface area contributed by atoms with Crippen LogP contribution < -0.4 is 10.1 Å². The molecule has 0 radical (unpaired) electrons. The summed E-state index contributed by atoms with van der Waals surface area (Å²) in [4.78, 5) is 15.9. The molecule has 4 aromatic rings. The fraction of sp³-hybridized carbons (Fsp3) is 0.300. The van der Waals surface area contributed by atoms with Gasteiger partial charge in [-0.1, -0.05) is 60.7 Å². The highest BCUT2D eigenvalue weighted by molar-refractivity contribution is 5.90. The van der Waals surface area contributed by atoms with Crippen molar-refractivity contribution in [2.75, 3.05) is 19.6 Å². The second kappa shape index (κ2) is 10.8. The number of hydrogen-bond donors (Lipinski definition) is 1. The number of hydrogen-bond acceptors (Lipinski definition) is 4. The third kappa shape index (κ3) is 5.57. The smallest absolute Gasteiger partial charge is 0.227 e. The number of amides is 1. The molecule has 2 atom stereocenters. The lowest BCUT2D eigenvalue weighted by Gasteiger charge is -2.26. The van der Waals surface area contributed by atoms with Crippen molar-refractivity contribution in [2.45, 2.75) is 38.3 Å². The molecule has 2 heterocycles. The van der Waals surface area contributed by atoms with Crippen molar-refractivity contribution in [1.29, 1.82) is 0 Å². The Kier molecular flexibility index (Phi) is 7.15. The molecule has 180 valence electrons. The second-order valence-electron chi connectivity index (χ2n) is 9.32. The number of benzene rings is 3. The Morgan fingerprint density at radius 2 is 1.77 bits per heavy atom. The third-order valence-corrected chi connectivity index (χ3v) is 6.84. The molecule has 1 aromatic heterocycles. The molecule has 1 amide bonds. The highest BCUT2D eigenvalue weighted by atomic mass is 16.5. The number of para-hydroxylation sites is 1. The molecule has 5 heteroatoms. The van der Waals surface area contributed by atoms with Gasteiger partial charge in [0.05, 0.1) is 18.2 Å². The van der Waals surface area contributed by atoms with Crippen LogP contribution in [0.25, 0.3) is 11.0 Å². The Hall–Kier alpha value is -3.57. The normalized spacial score (nSPS) is 15.7. The monoisotopic (exact) mass is 468 g/mol. The van der Waals surface area contributed by atoms with Gasteiger partial charge >= 0.3 is 0 Å². The number of nitrogens with one attached hydrogen (secondary N) is 1. The molecule has 2 unspecified atom stereocenters. The van der Waals surface area contributed by atoms with Crippen LogP contribution in [0, 0.1) is 0 Å². The van der Waals surface area contributed by atoms with Gasteiger partial charge in [0, 0.05) is 17.5 Å². The van der Waals surface area contributed by atoms with E-state index in [1.165, 1.54) is 12.8 Å². The maximum Gasteiger partial charge on any atom is 0.227 e. The summed E-state index contributed by atoms with van der Waals surface area (Å²) in [7, 11) is 0. The molecule has 5 nitrogen and oxygen atoms in total. The van der Waals surface area contributed by atoms with Crippen LogP contribution in [0.1, 0.15) is 48.4 Å². The summed E-state index contributed by atoms with van der Waals surface area (Å²) in [5.74, 6) is 0.481. The van der Waals surface area contributed by atoms with Gasteiger partial charge in [0.1, 0.15) is 17.9 Å². The Morgan fingerprint density at radius 1 is 1.00 bits per heavy atom. The van der Waals surface area contributed by atoms with E-state index < -0.39 is 0 Å². The standard InChI is InChI=1S/C30H32N2O3/c1-22(27-21-35-29-15-6-5-14-26(27)29)30(33)31-28(19-32-16-7-8-17-32)24-12-9-13-25(18-24)34-20-23-10-3-2-4-11-23/h2-6,9-15,18,21-22,28H,7-8,16-17,19-20H2,1H3,(H,31,33). The Bertz CT molecular complexity index is 1260.